The number of ether oxygens (including phenoxy) is 2. The van der Waals surface area contributed by atoms with Gasteiger partial charge in [0, 0.05) is 16.2 Å². The molecule has 104 valence electrons. The number of hydrogen-bond acceptors (Lipinski definition) is 3. The summed E-state index contributed by atoms with van der Waals surface area (Å²) in [4.78, 5) is 0. The summed E-state index contributed by atoms with van der Waals surface area (Å²) in [6.07, 6.45) is -0.400. The summed E-state index contributed by atoms with van der Waals surface area (Å²) in [6.45, 7) is 2.97. The van der Waals surface area contributed by atoms with Gasteiger partial charge in [-0.1, -0.05) is 54.6 Å². The van der Waals surface area contributed by atoms with Crippen molar-refractivity contribution in [2.24, 2.45) is 0 Å². The first-order valence-corrected chi connectivity index (χ1v) is 8.81. The maximum absolute atomic E-state index is 13.3. The highest BCUT2D eigenvalue weighted by Crippen LogP contribution is 2.41. The van der Waals surface area contributed by atoms with Gasteiger partial charge in [-0.05, 0) is 6.66 Å². The number of rotatable bonds is 3. The molecule has 0 aliphatic carbocycles. The summed E-state index contributed by atoms with van der Waals surface area (Å²) in [7, 11) is -2.65. The van der Waals surface area contributed by atoms with Crippen molar-refractivity contribution in [1.29, 1.82) is 0 Å². The van der Waals surface area contributed by atoms with Gasteiger partial charge in [-0.15, -0.1) is 0 Å². The fourth-order valence-corrected chi connectivity index (χ4v) is 4.53. The van der Waals surface area contributed by atoms with E-state index in [4.69, 9.17) is 9.47 Å². The average Bonchev–Trinajstić information content (AvgIpc) is 3.02. The summed E-state index contributed by atoms with van der Waals surface area (Å²) >= 11 is 0. The maximum atomic E-state index is 13.3. The van der Waals surface area contributed by atoms with Gasteiger partial charge in [-0.3, -0.25) is 0 Å². The van der Waals surface area contributed by atoms with Crippen LogP contribution < -0.4 is 10.6 Å². The van der Waals surface area contributed by atoms with Gasteiger partial charge in [0.25, 0.3) is 0 Å². The summed E-state index contributed by atoms with van der Waals surface area (Å²) in [5, 5.41) is 1.67. The Morgan fingerprint density at radius 3 is 2.25 bits per heavy atom. The van der Waals surface area contributed by atoms with Crippen LogP contribution in [-0.4, -0.2) is 19.9 Å². The first-order valence-electron chi connectivity index (χ1n) is 6.65. The molecule has 3 rings (SSSR count). The highest BCUT2D eigenvalue weighted by molar-refractivity contribution is 7.78. The fourth-order valence-electron chi connectivity index (χ4n) is 2.46. The lowest BCUT2D eigenvalue weighted by Gasteiger charge is -2.20. The van der Waals surface area contributed by atoms with Crippen LogP contribution in [0, 0.1) is 0 Å². The second-order valence-electron chi connectivity index (χ2n) is 4.89. The summed E-state index contributed by atoms with van der Waals surface area (Å²) in [5.74, 6) is 0. The summed E-state index contributed by atoms with van der Waals surface area (Å²) in [5.41, 5.74) is 0.875. The van der Waals surface area contributed by atoms with E-state index in [1.165, 1.54) is 0 Å². The Labute approximate surface area is 118 Å². The Balaban J connectivity index is 2.08. The standard InChI is InChI=1S/C16H17O3P/c1-20(17,13-7-3-2-4-8-13)15-10-6-5-9-14(15)16-18-11-12-19-16/h2-10,16H,11-12H2,1H3/t20-/m0/s1. The Morgan fingerprint density at radius 1 is 0.950 bits per heavy atom. The van der Waals surface area contributed by atoms with Crippen molar-refractivity contribution in [2.75, 3.05) is 19.9 Å². The van der Waals surface area contributed by atoms with Gasteiger partial charge in [0.15, 0.2) is 6.29 Å². The molecule has 0 unspecified atom stereocenters. The minimum absolute atomic E-state index is 0.400. The highest BCUT2D eigenvalue weighted by atomic mass is 31.2. The fraction of sp³-hybridized carbons (Fsp3) is 0.250. The van der Waals surface area contributed by atoms with Gasteiger partial charge in [0.05, 0.1) is 13.2 Å². The zero-order chi connectivity index (χ0) is 14.0. The van der Waals surface area contributed by atoms with Crippen molar-refractivity contribution in [3.8, 4) is 0 Å². The molecule has 0 spiro atoms. The van der Waals surface area contributed by atoms with Crippen LogP contribution in [0.4, 0.5) is 0 Å². The Hall–Kier alpha value is -1.41. The molecule has 1 saturated heterocycles. The minimum atomic E-state index is -2.65. The smallest absolute Gasteiger partial charge is 0.184 e. The predicted molar refractivity (Wildman–Crippen MR) is 80.3 cm³/mol. The van der Waals surface area contributed by atoms with Crippen LogP contribution in [0.1, 0.15) is 11.9 Å². The average molecular weight is 288 g/mol. The van der Waals surface area contributed by atoms with E-state index in [1.54, 1.807) is 6.66 Å². The molecule has 0 saturated carbocycles. The molecule has 2 aromatic carbocycles. The highest BCUT2D eigenvalue weighted by Gasteiger charge is 2.29. The van der Waals surface area contributed by atoms with E-state index in [0.717, 1.165) is 16.2 Å². The van der Waals surface area contributed by atoms with Crippen LogP contribution in [0.2, 0.25) is 0 Å². The molecular formula is C16H17O3P. The van der Waals surface area contributed by atoms with E-state index in [1.807, 2.05) is 54.6 Å². The van der Waals surface area contributed by atoms with Crippen LogP contribution >= 0.6 is 7.14 Å². The zero-order valence-electron chi connectivity index (χ0n) is 11.4. The van der Waals surface area contributed by atoms with E-state index in [9.17, 15) is 4.57 Å². The molecule has 1 atom stereocenters. The van der Waals surface area contributed by atoms with Crippen LogP contribution in [-0.2, 0) is 14.0 Å². The largest absolute Gasteiger partial charge is 0.346 e. The minimum Gasteiger partial charge on any atom is -0.346 e. The molecule has 1 aliphatic rings. The monoisotopic (exact) mass is 288 g/mol. The molecule has 0 N–H and O–H groups in total. The molecule has 1 fully saturated rings. The Morgan fingerprint density at radius 2 is 1.55 bits per heavy atom. The van der Waals surface area contributed by atoms with Crippen molar-refractivity contribution in [2.45, 2.75) is 6.29 Å². The van der Waals surface area contributed by atoms with Crippen molar-refractivity contribution in [3.05, 3.63) is 60.2 Å². The molecule has 20 heavy (non-hydrogen) atoms. The van der Waals surface area contributed by atoms with Crippen molar-refractivity contribution >= 4 is 17.8 Å². The van der Waals surface area contributed by atoms with Gasteiger partial charge < -0.3 is 14.0 Å². The van der Waals surface area contributed by atoms with Crippen molar-refractivity contribution in [3.63, 3.8) is 0 Å². The third-order valence-electron chi connectivity index (χ3n) is 3.52. The van der Waals surface area contributed by atoms with Crippen LogP contribution in [0.15, 0.2) is 54.6 Å². The Bertz CT molecular complexity index is 633. The van der Waals surface area contributed by atoms with Crippen LogP contribution in [0.5, 0.6) is 0 Å². The first kappa shape index (κ1) is 13.6. The maximum Gasteiger partial charge on any atom is 0.184 e. The third-order valence-corrected chi connectivity index (χ3v) is 6.13. The first-order chi connectivity index (χ1) is 9.69. The lowest BCUT2D eigenvalue weighted by Crippen LogP contribution is -2.21. The molecular weight excluding hydrogens is 271 g/mol. The van der Waals surface area contributed by atoms with E-state index in [2.05, 4.69) is 0 Å². The van der Waals surface area contributed by atoms with Crippen molar-refractivity contribution in [1.82, 2.24) is 0 Å². The lowest BCUT2D eigenvalue weighted by atomic mass is 10.2. The van der Waals surface area contributed by atoms with Gasteiger partial charge >= 0.3 is 0 Å². The lowest BCUT2D eigenvalue weighted by molar-refractivity contribution is -0.0433. The molecule has 2 aromatic rings. The van der Waals surface area contributed by atoms with Crippen molar-refractivity contribution < 1.29 is 14.0 Å². The summed E-state index contributed by atoms with van der Waals surface area (Å²) < 4.78 is 24.4. The van der Waals surface area contributed by atoms with Gasteiger partial charge in [-0.2, -0.15) is 0 Å². The quantitative estimate of drug-likeness (QED) is 0.815. The van der Waals surface area contributed by atoms with Gasteiger partial charge in [-0.25, -0.2) is 0 Å². The molecule has 0 aromatic heterocycles. The second-order valence-corrected chi connectivity index (χ2v) is 7.74. The van der Waals surface area contributed by atoms with E-state index >= 15 is 0 Å². The molecule has 4 heteroatoms. The molecule has 0 bridgehead atoms. The van der Waals surface area contributed by atoms with Crippen LogP contribution in [0.25, 0.3) is 0 Å². The third kappa shape index (κ3) is 2.45. The molecule has 0 radical (unpaired) electrons. The normalized spacial score (nSPS) is 18.9. The van der Waals surface area contributed by atoms with Gasteiger partial charge in [0.1, 0.15) is 7.14 Å². The summed E-state index contributed by atoms with van der Waals surface area (Å²) in [6, 6.07) is 17.3. The number of benzene rings is 2. The predicted octanol–water partition coefficient (Wildman–Crippen LogP) is 2.68. The van der Waals surface area contributed by atoms with Crippen LogP contribution in [0.3, 0.4) is 0 Å². The van der Waals surface area contributed by atoms with Gasteiger partial charge in [0.2, 0.25) is 0 Å². The SMILES string of the molecule is C[P@](=O)(c1ccccc1)c1ccccc1C1OCCO1. The Kier molecular flexibility index (Phi) is 3.75. The number of hydrogen-bond donors (Lipinski definition) is 0. The van der Waals surface area contributed by atoms with E-state index in [0.29, 0.717) is 13.2 Å². The van der Waals surface area contributed by atoms with E-state index in [-0.39, 0.29) is 0 Å². The van der Waals surface area contributed by atoms with E-state index < -0.39 is 13.4 Å². The molecule has 3 nitrogen and oxygen atoms in total. The zero-order valence-corrected chi connectivity index (χ0v) is 12.3. The second kappa shape index (κ2) is 5.53. The molecule has 1 aliphatic heterocycles. The topological polar surface area (TPSA) is 35.5 Å². The molecule has 0 amide bonds. The molecule has 1 heterocycles.